The van der Waals surface area contributed by atoms with Gasteiger partial charge in [-0.3, -0.25) is 0 Å². The van der Waals surface area contributed by atoms with E-state index in [0.29, 0.717) is 12.0 Å². The van der Waals surface area contributed by atoms with E-state index in [2.05, 4.69) is 17.6 Å². The number of rotatable bonds is 3. The van der Waals surface area contributed by atoms with E-state index in [9.17, 15) is 4.79 Å². The van der Waals surface area contributed by atoms with Crippen LogP contribution in [0.4, 0.5) is 4.79 Å². The van der Waals surface area contributed by atoms with Crippen LogP contribution < -0.4 is 10.6 Å². The lowest BCUT2D eigenvalue weighted by molar-refractivity contribution is 0.142. The number of urea groups is 1. The lowest BCUT2D eigenvalue weighted by atomic mass is 9.95. The molecule has 0 aromatic rings. The molecule has 2 unspecified atom stereocenters. The maximum Gasteiger partial charge on any atom is 0.317 e. The van der Waals surface area contributed by atoms with Gasteiger partial charge < -0.3 is 15.5 Å². The van der Waals surface area contributed by atoms with Gasteiger partial charge in [0.15, 0.2) is 0 Å². The van der Waals surface area contributed by atoms with Crippen molar-refractivity contribution in [1.29, 1.82) is 0 Å². The van der Waals surface area contributed by atoms with Gasteiger partial charge in [-0.2, -0.15) is 0 Å². The summed E-state index contributed by atoms with van der Waals surface area (Å²) in [6.45, 7) is 5.95. The Hall–Kier alpha value is -0.770. The molecule has 3 fully saturated rings. The van der Waals surface area contributed by atoms with Crippen molar-refractivity contribution in [2.75, 3.05) is 26.2 Å². The minimum absolute atomic E-state index is 0.145. The van der Waals surface area contributed by atoms with E-state index in [1.54, 1.807) is 0 Å². The largest absolute Gasteiger partial charge is 0.338 e. The summed E-state index contributed by atoms with van der Waals surface area (Å²) in [4.78, 5) is 14.0. The van der Waals surface area contributed by atoms with Gasteiger partial charge in [0.2, 0.25) is 0 Å². The molecular weight excluding hydrogens is 202 g/mol. The van der Waals surface area contributed by atoms with E-state index in [4.69, 9.17) is 0 Å². The Morgan fingerprint density at radius 3 is 3.12 bits per heavy atom. The van der Waals surface area contributed by atoms with Crippen molar-refractivity contribution >= 4 is 6.03 Å². The zero-order valence-corrected chi connectivity index (χ0v) is 10.2. The van der Waals surface area contributed by atoms with Gasteiger partial charge in [-0.05, 0) is 31.7 Å². The van der Waals surface area contributed by atoms with Crippen LogP contribution in [0.3, 0.4) is 0 Å². The molecule has 3 aliphatic heterocycles. The predicted octanol–water partition coefficient (Wildman–Crippen LogP) is 1.18. The molecular formula is C12H23N3O. The Morgan fingerprint density at radius 1 is 1.44 bits per heavy atom. The van der Waals surface area contributed by atoms with Crippen LogP contribution in [-0.4, -0.2) is 43.2 Å². The van der Waals surface area contributed by atoms with Gasteiger partial charge in [0.1, 0.15) is 0 Å². The molecule has 0 aliphatic carbocycles. The molecule has 0 spiro atoms. The number of nitrogens with zero attached hydrogens (tertiary/aromatic N) is 1. The van der Waals surface area contributed by atoms with Gasteiger partial charge in [0, 0.05) is 25.7 Å². The van der Waals surface area contributed by atoms with Crippen LogP contribution in [0.1, 0.15) is 32.6 Å². The minimum atomic E-state index is 0.145. The second-order valence-corrected chi connectivity index (χ2v) is 4.99. The van der Waals surface area contributed by atoms with Crippen molar-refractivity contribution in [1.82, 2.24) is 15.5 Å². The summed E-state index contributed by atoms with van der Waals surface area (Å²) >= 11 is 0. The molecule has 2 N–H and O–H groups in total. The molecule has 3 heterocycles. The molecule has 2 atom stereocenters. The first-order valence-electron chi connectivity index (χ1n) is 6.56. The fraction of sp³-hybridized carbons (Fsp3) is 0.917. The summed E-state index contributed by atoms with van der Waals surface area (Å²) in [5.41, 5.74) is 0. The highest BCUT2D eigenvalue weighted by Gasteiger charge is 2.33. The molecule has 3 aliphatic rings. The molecule has 0 aromatic heterocycles. The number of carbonyl (C=O) groups excluding carboxylic acids is 1. The summed E-state index contributed by atoms with van der Waals surface area (Å²) < 4.78 is 0. The number of fused-ring (bicyclic) bond motifs is 4. The Bertz CT molecular complexity index is 240. The third kappa shape index (κ3) is 2.67. The lowest BCUT2D eigenvalue weighted by Gasteiger charge is -2.36. The number of hydrogen-bond donors (Lipinski definition) is 2. The van der Waals surface area contributed by atoms with E-state index < -0.39 is 0 Å². The van der Waals surface area contributed by atoms with Gasteiger partial charge in [-0.15, -0.1) is 0 Å². The van der Waals surface area contributed by atoms with Crippen LogP contribution >= 0.6 is 0 Å². The summed E-state index contributed by atoms with van der Waals surface area (Å²) in [5, 5.41) is 6.46. The average Bonchev–Trinajstić information content (AvgIpc) is 2.63. The predicted molar refractivity (Wildman–Crippen MR) is 64.4 cm³/mol. The quantitative estimate of drug-likeness (QED) is 0.708. The van der Waals surface area contributed by atoms with Crippen LogP contribution in [0.2, 0.25) is 0 Å². The summed E-state index contributed by atoms with van der Waals surface area (Å²) in [7, 11) is 0. The molecule has 3 rings (SSSR count). The minimum Gasteiger partial charge on any atom is -0.338 e. The highest BCUT2D eigenvalue weighted by molar-refractivity contribution is 5.74. The normalized spacial score (nSPS) is 28.9. The van der Waals surface area contributed by atoms with E-state index in [1.165, 1.54) is 12.8 Å². The van der Waals surface area contributed by atoms with E-state index in [-0.39, 0.29) is 6.03 Å². The molecule has 92 valence electrons. The third-order valence-electron chi connectivity index (χ3n) is 3.68. The Kier molecular flexibility index (Phi) is 4.04. The van der Waals surface area contributed by atoms with Crippen molar-refractivity contribution in [3.63, 3.8) is 0 Å². The van der Waals surface area contributed by atoms with Gasteiger partial charge in [0.25, 0.3) is 0 Å². The topological polar surface area (TPSA) is 44.4 Å². The smallest absolute Gasteiger partial charge is 0.317 e. The third-order valence-corrected chi connectivity index (χ3v) is 3.68. The molecule has 2 bridgehead atoms. The number of hydrogen-bond acceptors (Lipinski definition) is 2. The van der Waals surface area contributed by atoms with E-state index in [0.717, 1.165) is 39.0 Å². The number of amides is 2. The molecule has 0 aromatic carbocycles. The molecule has 4 heteroatoms. The fourth-order valence-electron chi connectivity index (χ4n) is 2.66. The monoisotopic (exact) mass is 225 g/mol. The second-order valence-electron chi connectivity index (χ2n) is 4.99. The Balaban J connectivity index is 1.85. The molecule has 4 nitrogen and oxygen atoms in total. The van der Waals surface area contributed by atoms with E-state index in [1.807, 2.05) is 4.90 Å². The van der Waals surface area contributed by atoms with Gasteiger partial charge in [-0.1, -0.05) is 13.3 Å². The van der Waals surface area contributed by atoms with Gasteiger partial charge >= 0.3 is 6.03 Å². The van der Waals surface area contributed by atoms with Crippen LogP contribution in [0.15, 0.2) is 0 Å². The summed E-state index contributed by atoms with van der Waals surface area (Å²) in [5.74, 6) is 0.663. The number of carbonyl (C=O) groups is 1. The van der Waals surface area contributed by atoms with Crippen molar-refractivity contribution in [2.45, 2.75) is 38.6 Å². The fourth-order valence-corrected chi connectivity index (χ4v) is 2.66. The maximum absolute atomic E-state index is 12.0. The highest BCUT2D eigenvalue weighted by atomic mass is 16.2. The number of piperidine rings is 1. The first-order chi connectivity index (χ1) is 7.81. The Labute approximate surface area is 97.8 Å². The van der Waals surface area contributed by atoms with Crippen LogP contribution in [0, 0.1) is 5.92 Å². The number of unbranched alkanes of at least 4 members (excludes halogenated alkanes) is 1. The summed E-state index contributed by atoms with van der Waals surface area (Å²) in [6, 6.07) is 0.562. The molecule has 2 amide bonds. The van der Waals surface area contributed by atoms with Crippen molar-refractivity contribution in [3.8, 4) is 0 Å². The molecule has 0 saturated carbocycles. The van der Waals surface area contributed by atoms with Gasteiger partial charge in [0.05, 0.1) is 0 Å². The Morgan fingerprint density at radius 2 is 2.31 bits per heavy atom. The standard InChI is InChI=1S/C12H23N3O/c1-2-3-6-14-12(16)15-9-10-4-5-11(15)8-13-7-10/h10-11,13H,2-9H2,1H3,(H,14,16). The maximum atomic E-state index is 12.0. The van der Waals surface area contributed by atoms with Crippen LogP contribution in [0.25, 0.3) is 0 Å². The number of nitrogens with one attached hydrogen (secondary N) is 2. The van der Waals surface area contributed by atoms with Crippen LogP contribution in [-0.2, 0) is 0 Å². The zero-order chi connectivity index (χ0) is 11.4. The highest BCUT2D eigenvalue weighted by Crippen LogP contribution is 2.24. The first-order valence-corrected chi connectivity index (χ1v) is 6.56. The van der Waals surface area contributed by atoms with Crippen molar-refractivity contribution in [2.24, 2.45) is 5.92 Å². The average molecular weight is 225 g/mol. The first kappa shape index (κ1) is 11.7. The van der Waals surface area contributed by atoms with Crippen LogP contribution in [0.5, 0.6) is 0 Å². The molecule has 0 radical (unpaired) electrons. The van der Waals surface area contributed by atoms with Crippen molar-refractivity contribution < 1.29 is 4.79 Å². The molecule has 16 heavy (non-hydrogen) atoms. The zero-order valence-electron chi connectivity index (χ0n) is 10.2. The van der Waals surface area contributed by atoms with Gasteiger partial charge in [-0.25, -0.2) is 4.79 Å². The molecule has 3 saturated heterocycles. The second kappa shape index (κ2) is 5.53. The van der Waals surface area contributed by atoms with Crippen molar-refractivity contribution in [3.05, 3.63) is 0 Å². The SMILES string of the molecule is CCCCNC(=O)N1CC2CCC1CNC2. The van der Waals surface area contributed by atoms with E-state index >= 15 is 0 Å². The lowest BCUT2D eigenvalue weighted by Crippen LogP contribution is -2.51. The summed E-state index contributed by atoms with van der Waals surface area (Å²) in [6.07, 6.45) is 4.65.